The van der Waals surface area contributed by atoms with Crippen molar-refractivity contribution < 1.29 is 5.11 Å². The Labute approximate surface area is 130 Å². The van der Waals surface area contributed by atoms with E-state index in [2.05, 4.69) is 34.3 Å². The predicted molar refractivity (Wildman–Crippen MR) is 91.7 cm³/mol. The van der Waals surface area contributed by atoms with Gasteiger partial charge in [-0.05, 0) is 57.7 Å². The summed E-state index contributed by atoms with van der Waals surface area (Å²) >= 11 is 0. The lowest BCUT2D eigenvalue weighted by Crippen LogP contribution is -2.16. The third-order valence-electron chi connectivity index (χ3n) is 3.88. The molecule has 22 heavy (non-hydrogen) atoms. The molecule has 1 aromatic carbocycles. The number of nitrogens with zero attached hydrogens (tertiary/aromatic N) is 2. The van der Waals surface area contributed by atoms with Gasteiger partial charge in [0.2, 0.25) is 0 Å². The minimum absolute atomic E-state index is 0.272. The van der Waals surface area contributed by atoms with Gasteiger partial charge in [-0.2, -0.15) is 0 Å². The van der Waals surface area contributed by atoms with Crippen molar-refractivity contribution in [2.75, 3.05) is 32.5 Å². The summed E-state index contributed by atoms with van der Waals surface area (Å²) in [5.41, 5.74) is 3.19. The molecule has 0 aliphatic heterocycles. The highest BCUT2D eigenvalue weighted by Gasteiger charge is 2.12. The summed E-state index contributed by atoms with van der Waals surface area (Å²) in [5.74, 6) is 1.14. The highest BCUT2D eigenvalue weighted by atomic mass is 16.3. The van der Waals surface area contributed by atoms with Gasteiger partial charge < -0.3 is 20.3 Å². The third kappa shape index (κ3) is 2.72. The first-order valence-corrected chi connectivity index (χ1v) is 7.55. The van der Waals surface area contributed by atoms with Gasteiger partial charge >= 0.3 is 0 Å². The Balaban J connectivity index is 2.00. The number of aryl methyl sites for hydroxylation is 1. The van der Waals surface area contributed by atoms with Crippen molar-refractivity contribution >= 4 is 27.6 Å². The number of fused-ring (bicyclic) bond motifs is 3. The van der Waals surface area contributed by atoms with E-state index < -0.39 is 0 Å². The maximum absolute atomic E-state index is 9.78. The molecule has 0 saturated carbocycles. The summed E-state index contributed by atoms with van der Waals surface area (Å²) < 4.78 is 0. The number of rotatable bonds is 5. The van der Waals surface area contributed by atoms with Crippen LogP contribution in [0, 0.1) is 6.92 Å². The minimum Gasteiger partial charge on any atom is -0.508 e. The van der Waals surface area contributed by atoms with E-state index in [-0.39, 0.29) is 5.75 Å². The fraction of sp³-hybridized carbons (Fsp3) is 0.353. The van der Waals surface area contributed by atoms with Crippen LogP contribution in [0.5, 0.6) is 5.75 Å². The molecule has 116 valence electrons. The summed E-state index contributed by atoms with van der Waals surface area (Å²) in [6.07, 6.45) is 2.93. The Bertz CT molecular complexity index is 807. The van der Waals surface area contributed by atoms with Crippen molar-refractivity contribution in [3.05, 3.63) is 30.0 Å². The largest absolute Gasteiger partial charge is 0.508 e. The molecule has 5 nitrogen and oxygen atoms in total. The summed E-state index contributed by atoms with van der Waals surface area (Å²) in [4.78, 5) is 10.1. The van der Waals surface area contributed by atoms with Gasteiger partial charge in [0.25, 0.3) is 0 Å². The Hall–Kier alpha value is -2.27. The summed E-state index contributed by atoms with van der Waals surface area (Å²) in [6.45, 7) is 3.95. The molecule has 5 heteroatoms. The fourth-order valence-electron chi connectivity index (χ4n) is 2.75. The molecule has 3 aromatic rings. The molecule has 0 unspecified atom stereocenters. The lowest BCUT2D eigenvalue weighted by atomic mass is 10.1. The van der Waals surface area contributed by atoms with E-state index in [4.69, 9.17) is 0 Å². The molecule has 2 aromatic heterocycles. The smallest absolute Gasteiger partial charge is 0.136 e. The molecule has 3 N–H and O–H groups in total. The van der Waals surface area contributed by atoms with Gasteiger partial charge in [0.05, 0.1) is 10.9 Å². The van der Waals surface area contributed by atoms with Crippen LogP contribution < -0.4 is 5.32 Å². The van der Waals surface area contributed by atoms with E-state index in [1.807, 2.05) is 19.2 Å². The van der Waals surface area contributed by atoms with E-state index in [1.165, 1.54) is 0 Å². The number of hydrogen-bond donors (Lipinski definition) is 3. The average Bonchev–Trinajstić information content (AvgIpc) is 2.85. The highest BCUT2D eigenvalue weighted by molar-refractivity contribution is 6.13. The summed E-state index contributed by atoms with van der Waals surface area (Å²) in [5, 5.41) is 15.3. The lowest BCUT2D eigenvalue weighted by Gasteiger charge is -2.11. The fourth-order valence-corrected chi connectivity index (χ4v) is 2.75. The van der Waals surface area contributed by atoms with Gasteiger partial charge in [0.15, 0.2) is 0 Å². The van der Waals surface area contributed by atoms with Crippen molar-refractivity contribution in [2.45, 2.75) is 13.3 Å². The van der Waals surface area contributed by atoms with E-state index in [1.54, 1.807) is 12.1 Å². The first kappa shape index (κ1) is 14.7. The quantitative estimate of drug-likeness (QED) is 0.633. The third-order valence-corrected chi connectivity index (χ3v) is 3.88. The molecule has 0 fully saturated rings. The number of benzene rings is 1. The second-order valence-electron chi connectivity index (χ2n) is 5.98. The summed E-state index contributed by atoms with van der Waals surface area (Å²) in [7, 11) is 4.15. The van der Waals surface area contributed by atoms with E-state index in [0.29, 0.717) is 0 Å². The highest BCUT2D eigenvalue weighted by Crippen LogP contribution is 2.33. The van der Waals surface area contributed by atoms with Crippen LogP contribution in [-0.4, -0.2) is 47.2 Å². The summed E-state index contributed by atoms with van der Waals surface area (Å²) in [6, 6.07) is 5.39. The molecular weight excluding hydrogens is 276 g/mol. The molecule has 0 radical (unpaired) electrons. The minimum atomic E-state index is 0.272. The van der Waals surface area contributed by atoms with Gasteiger partial charge in [0.1, 0.15) is 11.6 Å². The average molecular weight is 298 g/mol. The normalized spacial score (nSPS) is 11.6. The maximum Gasteiger partial charge on any atom is 0.136 e. The number of aromatic hydroxyl groups is 1. The zero-order valence-electron chi connectivity index (χ0n) is 13.3. The van der Waals surface area contributed by atoms with Gasteiger partial charge in [-0.1, -0.05) is 0 Å². The first-order chi connectivity index (χ1) is 10.6. The van der Waals surface area contributed by atoms with Gasteiger partial charge in [-0.3, -0.25) is 0 Å². The van der Waals surface area contributed by atoms with Crippen LogP contribution in [0.15, 0.2) is 24.4 Å². The number of aromatic nitrogens is 2. The molecule has 2 heterocycles. The standard InChI is InChI=1S/C17H22N4O/c1-11-10-19-17(18-7-4-8-21(2)3)15-13-9-12(22)5-6-14(13)20-16(11)15/h5-6,9-10,20,22H,4,7-8H2,1-3H3,(H,18,19). The van der Waals surface area contributed by atoms with E-state index in [0.717, 1.165) is 52.7 Å². The maximum atomic E-state index is 9.78. The number of pyridine rings is 1. The Morgan fingerprint density at radius 1 is 1.32 bits per heavy atom. The molecule has 0 aliphatic rings. The van der Waals surface area contributed by atoms with Crippen LogP contribution in [0.3, 0.4) is 0 Å². The van der Waals surface area contributed by atoms with Crippen LogP contribution in [0.4, 0.5) is 5.82 Å². The molecular formula is C17H22N4O. The Morgan fingerprint density at radius 2 is 2.14 bits per heavy atom. The lowest BCUT2D eigenvalue weighted by molar-refractivity contribution is 0.405. The van der Waals surface area contributed by atoms with Crippen molar-refractivity contribution in [1.29, 1.82) is 0 Å². The molecule has 3 rings (SSSR count). The number of phenolic OH excluding ortho intramolecular Hbond substituents is 1. The molecule has 0 atom stereocenters. The van der Waals surface area contributed by atoms with Crippen molar-refractivity contribution in [1.82, 2.24) is 14.9 Å². The van der Waals surface area contributed by atoms with E-state index in [9.17, 15) is 5.11 Å². The topological polar surface area (TPSA) is 64.2 Å². The van der Waals surface area contributed by atoms with Crippen molar-refractivity contribution in [2.24, 2.45) is 0 Å². The van der Waals surface area contributed by atoms with Gasteiger partial charge in [0, 0.05) is 23.6 Å². The second kappa shape index (κ2) is 5.85. The number of aromatic amines is 1. The predicted octanol–water partition coefficient (Wildman–Crippen LogP) is 3.09. The van der Waals surface area contributed by atoms with Crippen LogP contribution in [-0.2, 0) is 0 Å². The van der Waals surface area contributed by atoms with Crippen molar-refractivity contribution in [3.63, 3.8) is 0 Å². The zero-order chi connectivity index (χ0) is 15.7. The van der Waals surface area contributed by atoms with Crippen LogP contribution >= 0.6 is 0 Å². The van der Waals surface area contributed by atoms with E-state index >= 15 is 0 Å². The first-order valence-electron chi connectivity index (χ1n) is 7.55. The number of H-pyrrole nitrogens is 1. The van der Waals surface area contributed by atoms with Crippen LogP contribution in [0.25, 0.3) is 21.8 Å². The van der Waals surface area contributed by atoms with Gasteiger partial charge in [-0.25, -0.2) is 4.98 Å². The monoisotopic (exact) mass is 298 g/mol. The Morgan fingerprint density at radius 3 is 2.91 bits per heavy atom. The molecule has 0 bridgehead atoms. The SMILES string of the molecule is Cc1cnc(NCCCN(C)C)c2c1[nH]c1ccc(O)cc12. The molecule has 0 spiro atoms. The second-order valence-corrected chi connectivity index (χ2v) is 5.98. The number of phenols is 1. The molecule has 0 saturated heterocycles. The van der Waals surface area contributed by atoms with Crippen LogP contribution in [0.2, 0.25) is 0 Å². The zero-order valence-corrected chi connectivity index (χ0v) is 13.3. The Kier molecular flexibility index (Phi) is 3.90. The van der Waals surface area contributed by atoms with Gasteiger partial charge in [-0.15, -0.1) is 0 Å². The number of nitrogens with one attached hydrogen (secondary N) is 2. The van der Waals surface area contributed by atoms with Crippen LogP contribution in [0.1, 0.15) is 12.0 Å². The number of anilines is 1. The number of hydrogen-bond acceptors (Lipinski definition) is 4. The van der Waals surface area contributed by atoms with Crippen molar-refractivity contribution in [3.8, 4) is 5.75 Å². The molecule has 0 amide bonds. The molecule has 0 aliphatic carbocycles.